The first-order chi connectivity index (χ1) is 10.9. The number of sulfonamides is 1. The van der Waals surface area contributed by atoms with Gasteiger partial charge in [0.1, 0.15) is 5.82 Å². The lowest BCUT2D eigenvalue weighted by Crippen LogP contribution is -2.30. The summed E-state index contributed by atoms with van der Waals surface area (Å²) >= 11 is 0. The molecule has 2 aromatic rings. The van der Waals surface area contributed by atoms with Crippen molar-refractivity contribution < 1.29 is 27.1 Å². The lowest BCUT2D eigenvalue weighted by Gasteiger charge is -2.12. The fourth-order valence-corrected chi connectivity index (χ4v) is 3.09. The predicted octanol–water partition coefficient (Wildman–Crippen LogP) is 2.00. The van der Waals surface area contributed by atoms with E-state index in [9.17, 15) is 22.4 Å². The van der Waals surface area contributed by atoms with Crippen LogP contribution in [0.25, 0.3) is 11.1 Å². The summed E-state index contributed by atoms with van der Waals surface area (Å²) in [7, 11) is -3.26. The summed E-state index contributed by atoms with van der Waals surface area (Å²) in [5, 5.41) is 0. The number of ether oxygens (including phenoxy) is 1. The van der Waals surface area contributed by atoms with Crippen LogP contribution in [0.3, 0.4) is 0 Å². The van der Waals surface area contributed by atoms with E-state index in [-0.39, 0.29) is 21.6 Å². The first-order valence-electron chi connectivity index (χ1n) is 6.27. The molecule has 0 spiro atoms. The van der Waals surface area contributed by atoms with Gasteiger partial charge in [-0.25, -0.2) is 22.3 Å². The quantitative estimate of drug-likeness (QED) is 0.922. The normalized spacial score (nSPS) is 10.9. The molecule has 2 aromatic carbocycles. The summed E-state index contributed by atoms with van der Waals surface area (Å²) in [4.78, 5) is 21.6. The van der Waals surface area contributed by atoms with Crippen molar-refractivity contribution in [2.45, 2.75) is 4.90 Å². The topological polar surface area (TPSA) is 89.5 Å². The molecule has 0 heterocycles. The molecule has 1 radical (unpaired) electrons. The highest BCUT2D eigenvalue weighted by Crippen LogP contribution is 2.30. The Bertz CT molecular complexity index is 864. The molecule has 0 atom stereocenters. The van der Waals surface area contributed by atoms with E-state index in [4.69, 9.17) is 0 Å². The fraction of sp³-hybridized carbons (Fsp3) is 0.0667. The van der Waals surface area contributed by atoms with Gasteiger partial charge in [-0.15, -0.1) is 0 Å². The van der Waals surface area contributed by atoms with Gasteiger partial charge >= 0.3 is 6.09 Å². The third kappa shape index (κ3) is 3.37. The number of methoxy groups -OCH3 is 1. The minimum Gasteiger partial charge on any atom is -0.452 e. The van der Waals surface area contributed by atoms with Crippen molar-refractivity contribution in [3.05, 3.63) is 53.8 Å². The van der Waals surface area contributed by atoms with Crippen LogP contribution in [0.15, 0.2) is 47.4 Å². The summed E-state index contributed by atoms with van der Waals surface area (Å²) < 4.78 is 44.7. The lowest BCUT2D eigenvalue weighted by atomic mass is 10.0. The number of halogens is 1. The third-order valence-corrected chi connectivity index (χ3v) is 4.35. The molecule has 0 saturated heterocycles. The largest absolute Gasteiger partial charge is 0.452 e. The Morgan fingerprint density at radius 2 is 1.78 bits per heavy atom. The maximum atomic E-state index is 14.3. The van der Waals surface area contributed by atoms with Gasteiger partial charge in [0.05, 0.1) is 17.6 Å². The van der Waals surface area contributed by atoms with Crippen LogP contribution in [0.5, 0.6) is 0 Å². The van der Waals surface area contributed by atoms with Crippen LogP contribution < -0.4 is 4.72 Å². The van der Waals surface area contributed by atoms with Crippen molar-refractivity contribution >= 4 is 22.4 Å². The molecule has 8 heteroatoms. The van der Waals surface area contributed by atoms with Crippen LogP contribution in [0, 0.1) is 5.82 Å². The smallest absolute Gasteiger partial charge is 0.420 e. The second kappa shape index (κ2) is 6.57. The summed E-state index contributed by atoms with van der Waals surface area (Å²) in [5.74, 6) is -0.900. The van der Waals surface area contributed by atoms with E-state index in [1.807, 2.05) is 0 Å². The van der Waals surface area contributed by atoms with Crippen LogP contribution >= 0.6 is 0 Å². The first-order valence-corrected chi connectivity index (χ1v) is 7.76. The highest BCUT2D eigenvalue weighted by Gasteiger charge is 2.23. The fourth-order valence-electron chi connectivity index (χ4n) is 1.95. The van der Waals surface area contributed by atoms with E-state index in [0.29, 0.717) is 0 Å². The van der Waals surface area contributed by atoms with Gasteiger partial charge < -0.3 is 4.74 Å². The van der Waals surface area contributed by atoms with E-state index >= 15 is 0 Å². The van der Waals surface area contributed by atoms with Crippen molar-refractivity contribution in [1.29, 1.82) is 0 Å². The van der Waals surface area contributed by atoms with Crippen molar-refractivity contribution in [2.24, 2.45) is 0 Å². The molecule has 1 amide bonds. The highest BCUT2D eigenvalue weighted by atomic mass is 32.2. The van der Waals surface area contributed by atoms with Crippen LogP contribution in [0.1, 0.15) is 5.56 Å². The molecule has 1 N–H and O–H groups in total. The molecule has 0 aliphatic heterocycles. The van der Waals surface area contributed by atoms with E-state index in [1.165, 1.54) is 48.8 Å². The number of carbonyl (C=O) groups is 1. The molecule has 0 aromatic heterocycles. The highest BCUT2D eigenvalue weighted by molar-refractivity contribution is 7.90. The molecule has 6 nitrogen and oxygen atoms in total. The molecule has 0 aliphatic carbocycles. The van der Waals surface area contributed by atoms with Gasteiger partial charge in [0.25, 0.3) is 10.0 Å². The Balaban J connectivity index is 2.64. The Hall–Kier alpha value is -2.74. The van der Waals surface area contributed by atoms with Crippen LogP contribution in [-0.2, 0) is 19.6 Å². The zero-order valence-corrected chi connectivity index (χ0v) is 12.7. The maximum Gasteiger partial charge on any atom is 0.420 e. The van der Waals surface area contributed by atoms with Crippen molar-refractivity contribution in [3.63, 3.8) is 0 Å². The second-order valence-electron chi connectivity index (χ2n) is 4.36. The number of carbonyl (C=O) groups excluding carboxylic acids is 2. The summed E-state index contributed by atoms with van der Waals surface area (Å²) in [6.07, 6.45) is 0.270. The van der Waals surface area contributed by atoms with Gasteiger partial charge in [-0.1, -0.05) is 30.3 Å². The van der Waals surface area contributed by atoms with Crippen LogP contribution in [0.2, 0.25) is 0 Å². The van der Waals surface area contributed by atoms with Crippen molar-refractivity contribution in [1.82, 2.24) is 4.72 Å². The number of nitrogens with one attached hydrogen (secondary N) is 1. The molecular formula is C15H11FNO5S. The molecule has 2 rings (SSSR count). The van der Waals surface area contributed by atoms with E-state index in [0.717, 1.165) is 7.11 Å². The summed E-state index contributed by atoms with van der Waals surface area (Å²) in [5.41, 5.74) is -0.425. The first kappa shape index (κ1) is 16.6. The third-order valence-electron chi connectivity index (χ3n) is 2.98. The van der Waals surface area contributed by atoms with Gasteiger partial charge in [-0.05, 0) is 12.1 Å². The lowest BCUT2D eigenvalue weighted by molar-refractivity contribution is 0.177. The minimum atomic E-state index is -4.28. The predicted molar refractivity (Wildman–Crippen MR) is 79.4 cm³/mol. The van der Waals surface area contributed by atoms with E-state index in [1.54, 1.807) is 4.72 Å². The molecule has 0 saturated carbocycles. The standard InChI is InChI=1S/C15H11FNO5S/c1-22-15(19)17-23(20,21)13-8-3-2-6-11(13)12-7-4-5-10(9-18)14(12)16/h2-8H,1H3,(H,17,19). The number of hydrogen-bond donors (Lipinski definition) is 1. The van der Waals surface area contributed by atoms with Crippen LogP contribution in [0.4, 0.5) is 9.18 Å². The van der Waals surface area contributed by atoms with E-state index < -0.39 is 21.9 Å². The number of hydrogen-bond acceptors (Lipinski definition) is 5. The van der Waals surface area contributed by atoms with Gasteiger partial charge in [0.2, 0.25) is 6.29 Å². The number of benzene rings is 2. The van der Waals surface area contributed by atoms with Gasteiger partial charge in [0.15, 0.2) is 0 Å². The molecule has 0 aliphatic rings. The zero-order valence-electron chi connectivity index (χ0n) is 11.9. The molecule has 0 bridgehead atoms. The number of rotatable bonds is 4. The Labute approximate surface area is 131 Å². The Morgan fingerprint density at radius 3 is 2.43 bits per heavy atom. The van der Waals surface area contributed by atoms with Crippen molar-refractivity contribution in [3.8, 4) is 11.1 Å². The molecule has 0 fully saturated rings. The average molecular weight is 336 g/mol. The Kier molecular flexibility index (Phi) is 4.75. The molecule has 119 valence electrons. The Morgan fingerprint density at radius 1 is 1.13 bits per heavy atom. The van der Waals surface area contributed by atoms with E-state index in [2.05, 4.69) is 4.74 Å². The van der Waals surface area contributed by atoms with Crippen molar-refractivity contribution in [2.75, 3.05) is 7.11 Å². The zero-order chi connectivity index (χ0) is 17.0. The SMILES string of the molecule is COC(=O)NS(=O)(=O)c1ccccc1-c1cccc([C]=O)c1F. The minimum absolute atomic E-state index is 0.00139. The van der Waals surface area contributed by atoms with Gasteiger partial charge in [-0.3, -0.25) is 4.79 Å². The summed E-state index contributed by atoms with van der Waals surface area (Å²) in [6.45, 7) is 0. The van der Waals surface area contributed by atoms with Crippen LogP contribution in [-0.4, -0.2) is 27.9 Å². The van der Waals surface area contributed by atoms with Gasteiger partial charge in [0, 0.05) is 11.1 Å². The molecule has 23 heavy (non-hydrogen) atoms. The second-order valence-corrected chi connectivity index (χ2v) is 6.01. The summed E-state index contributed by atoms with van der Waals surface area (Å²) in [6, 6.07) is 9.43. The molecular weight excluding hydrogens is 325 g/mol. The average Bonchev–Trinajstić information content (AvgIpc) is 2.54. The van der Waals surface area contributed by atoms with Gasteiger partial charge in [-0.2, -0.15) is 0 Å². The monoisotopic (exact) mass is 336 g/mol. The number of amides is 1. The maximum absolute atomic E-state index is 14.3. The molecule has 0 unspecified atom stereocenters.